The second-order valence-electron chi connectivity index (χ2n) is 7.81. The number of para-hydroxylation sites is 1. The van der Waals surface area contributed by atoms with Crippen LogP contribution in [0.2, 0.25) is 0 Å². The van der Waals surface area contributed by atoms with E-state index in [1.807, 2.05) is 41.9 Å². The van der Waals surface area contributed by atoms with Crippen LogP contribution in [0.4, 0.5) is 0 Å². The number of thioether (sulfide) groups is 1. The van der Waals surface area contributed by atoms with E-state index < -0.39 is 0 Å². The van der Waals surface area contributed by atoms with Gasteiger partial charge in [-0.15, -0.1) is 11.8 Å². The van der Waals surface area contributed by atoms with E-state index in [2.05, 4.69) is 28.2 Å². The van der Waals surface area contributed by atoms with Gasteiger partial charge in [-0.05, 0) is 30.9 Å². The molecule has 0 radical (unpaired) electrons. The number of piperazine rings is 1. The van der Waals surface area contributed by atoms with Gasteiger partial charge in [-0.25, -0.2) is 0 Å². The van der Waals surface area contributed by atoms with Gasteiger partial charge in [0.25, 0.3) is 5.91 Å². The number of hydrogen-bond acceptors (Lipinski definition) is 5. The third kappa shape index (κ3) is 6.04. The van der Waals surface area contributed by atoms with Gasteiger partial charge < -0.3 is 24.6 Å². The molecular weight excluding hydrogens is 400 g/mol. The molecule has 1 aromatic rings. The summed E-state index contributed by atoms with van der Waals surface area (Å²) >= 11 is 1.82. The third-order valence-corrected chi connectivity index (χ3v) is 6.89. The molecule has 1 amide bonds. The molecule has 3 rings (SSSR count). The summed E-state index contributed by atoms with van der Waals surface area (Å²) in [6, 6.07) is 8.13. The molecule has 2 heterocycles. The number of benzene rings is 1. The lowest BCUT2D eigenvalue weighted by molar-refractivity contribution is -0.142. The molecule has 0 aliphatic carbocycles. The minimum atomic E-state index is -0.226. The fourth-order valence-electron chi connectivity index (χ4n) is 3.74. The SMILES string of the molecule is CN=C(NCC(C)CSc1ccccc1OC)N1CCN(C(=O)C2CCCO2)CC1. The van der Waals surface area contributed by atoms with Crippen LogP contribution in [0.3, 0.4) is 0 Å². The Morgan fingerprint density at radius 2 is 2.03 bits per heavy atom. The molecule has 0 saturated carbocycles. The maximum absolute atomic E-state index is 12.5. The maximum atomic E-state index is 12.5. The first-order valence-corrected chi connectivity index (χ1v) is 11.7. The van der Waals surface area contributed by atoms with Crippen LogP contribution in [0.25, 0.3) is 0 Å². The summed E-state index contributed by atoms with van der Waals surface area (Å²) in [6.45, 7) is 6.83. The molecule has 0 spiro atoms. The second-order valence-corrected chi connectivity index (χ2v) is 8.87. The van der Waals surface area contributed by atoms with Crippen LogP contribution in [0.5, 0.6) is 5.75 Å². The first-order valence-electron chi connectivity index (χ1n) is 10.7. The van der Waals surface area contributed by atoms with Crippen molar-refractivity contribution < 1.29 is 14.3 Å². The van der Waals surface area contributed by atoms with Crippen molar-refractivity contribution in [1.29, 1.82) is 0 Å². The summed E-state index contributed by atoms with van der Waals surface area (Å²) in [7, 11) is 3.53. The Labute approximate surface area is 184 Å². The van der Waals surface area contributed by atoms with Crippen molar-refractivity contribution in [2.24, 2.45) is 10.9 Å². The fourth-order valence-corrected chi connectivity index (χ4v) is 4.79. The van der Waals surface area contributed by atoms with Gasteiger partial charge in [0.15, 0.2) is 5.96 Å². The van der Waals surface area contributed by atoms with Gasteiger partial charge in [0.1, 0.15) is 11.9 Å². The Hall–Kier alpha value is -1.93. The number of carbonyl (C=O) groups excluding carboxylic acids is 1. The van der Waals surface area contributed by atoms with Crippen LogP contribution >= 0.6 is 11.8 Å². The van der Waals surface area contributed by atoms with Crippen LogP contribution < -0.4 is 10.1 Å². The molecule has 30 heavy (non-hydrogen) atoms. The topological polar surface area (TPSA) is 66.4 Å². The zero-order valence-corrected chi connectivity index (χ0v) is 19.1. The number of rotatable bonds is 7. The molecule has 2 unspecified atom stereocenters. The average molecular weight is 435 g/mol. The lowest BCUT2D eigenvalue weighted by atomic mass is 10.2. The van der Waals surface area contributed by atoms with E-state index >= 15 is 0 Å². The highest BCUT2D eigenvalue weighted by Gasteiger charge is 2.30. The normalized spacial score (nSPS) is 20.9. The third-order valence-electron chi connectivity index (χ3n) is 5.51. The average Bonchev–Trinajstić information content (AvgIpc) is 3.33. The number of guanidine groups is 1. The van der Waals surface area contributed by atoms with Crippen molar-refractivity contribution in [3.05, 3.63) is 24.3 Å². The Morgan fingerprint density at radius 3 is 2.70 bits per heavy atom. The Kier molecular flexibility index (Phi) is 8.69. The molecule has 2 saturated heterocycles. The maximum Gasteiger partial charge on any atom is 0.251 e. The number of amides is 1. The summed E-state index contributed by atoms with van der Waals surface area (Å²) in [6.07, 6.45) is 1.61. The predicted octanol–water partition coefficient (Wildman–Crippen LogP) is 2.32. The van der Waals surface area contributed by atoms with Crippen molar-refractivity contribution >= 4 is 23.6 Å². The van der Waals surface area contributed by atoms with Crippen LogP contribution in [-0.4, -0.2) is 87.0 Å². The molecule has 2 aliphatic heterocycles. The van der Waals surface area contributed by atoms with Crippen molar-refractivity contribution in [1.82, 2.24) is 15.1 Å². The summed E-state index contributed by atoms with van der Waals surface area (Å²) in [5.41, 5.74) is 0. The number of ether oxygens (including phenoxy) is 2. The van der Waals surface area contributed by atoms with Crippen LogP contribution in [-0.2, 0) is 9.53 Å². The smallest absolute Gasteiger partial charge is 0.251 e. The molecule has 1 N–H and O–H groups in total. The first kappa shape index (κ1) is 22.7. The van der Waals surface area contributed by atoms with E-state index in [-0.39, 0.29) is 12.0 Å². The van der Waals surface area contributed by atoms with Gasteiger partial charge in [0.2, 0.25) is 0 Å². The highest BCUT2D eigenvalue weighted by molar-refractivity contribution is 7.99. The van der Waals surface area contributed by atoms with E-state index in [0.29, 0.717) is 12.5 Å². The fraction of sp³-hybridized carbons (Fsp3) is 0.636. The van der Waals surface area contributed by atoms with E-state index in [1.165, 1.54) is 4.90 Å². The van der Waals surface area contributed by atoms with E-state index in [9.17, 15) is 4.79 Å². The van der Waals surface area contributed by atoms with E-state index in [1.54, 1.807) is 7.11 Å². The molecule has 7 nitrogen and oxygen atoms in total. The molecule has 0 aromatic heterocycles. The lowest BCUT2D eigenvalue weighted by Gasteiger charge is -2.37. The number of carbonyl (C=O) groups is 1. The number of hydrogen-bond donors (Lipinski definition) is 1. The van der Waals surface area contributed by atoms with Gasteiger partial charge in [0.05, 0.1) is 7.11 Å². The van der Waals surface area contributed by atoms with E-state index in [0.717, 1.165) is 63.0 Å². The second kappa shape index (κ2) is 11.5. The van der Waals surface area contributed by atoms with Gasteiger partial charge in [-0.3, -0.25) is 9.79 Å². The number of methoxy groups -OCH3 is 1. The Balaban J connectivity index is 1.40. The zero-order valence-electron chi connectivity index (χ0n) is 18.3. The molecule has 8 heteroatoms. The predicted molar refractivity (Wildman–Crippen MR) is 121 cm³/mol. The zero-order chi connectivity index (χ0) is 21.3. The minimum absolute atomic E-state index is 0.150. The van der Waals surface area contributed by atoms with Crippen LogP contribution in [0.15, 0.2) is 34.2 Å². The van der Waals surface area contributed by atoms with Crippen LogP contribution in [0.1, 0.15) is 19.8 Å². The first-order chi connectivity index (χ1) is 14.6. The van der Waals surface area contributed by atoms with Gasteiger partial charge in [-0.2, -0.15) is 0 Å². The van der Waals surface area contributed by atoms with Gasteiger partial charge >= 0.3 is 0 Å². The van der Waals surface area contributed by atoms with Crippen molar-refractivity contribution in [2.75, 3.05) is 59.2 Å². The summed E-state index contributed by atoms with van der Waals surface area (Å²) in [5.74, 6) is 3.45. The largest absolute Gasteiger partial charge is 0.496 e. The lowest BCUT2D eigenvalue weighted by Crippen LogP contribution is -2.55. The number of aliphatic imine (C=N–C) groups is 1. The standard InChI is InChI=1S/C22H34N4O3S/c1-17(16-30-20-9-5-4-7-18(20)28-3)15-24-22(23-2)26-12-10-25(11-13-26)21(27)19-8-6-14-29-19/h4-5,7,9,17,19H,6,8,10-16H2,1-3H3,(H,23,24). The van der Waals surface area contributed by atoms with E-state index in [4.69, 9.17) is 9.47 Å². The Morgan fingerprint density at radius 1 is 1.30 bits per heavy atom. The Bertz CT molecular complexity index is 716. The monoisotopic (exact) mass is 434 g/mol. The molecule has 2 fully saturated rings. The highest BCUT2D eigenvalue weighted by atomic mass is 32.2. The molecule has 166 valence electrons. The number of nitrogens with one attached hydrogen (secondary N) is 1. The molecule has 2 atom stereocenters. The van der Waals surface area contributed by atoms with Crippen molar-refractivity contribution in [3.8, 4) is 5.75 Å². The number of nitrogens with zero attached hydrogens (tertiary/aromatic N) is 3. The quantitative estimate of drug-likeness (QED) is 0.404. The summed E-state index contributed by atoms with van der Waals surface area (Å²) in [5, 5.41) is 3.51. The van der Waals surface area contributed by atoms with Crippen LogP contribution in [0, 0.1) is 5.92 Å². The summed E-state index contributed by atoms with van der Waals surface area (Å²) in [4.78, 5) is 22.3. The molecule has 0 bridgehead atoms. The summed E-state index contributed by atoms with van der Waals surface area (Å²) < 4.78 is 11.0. The van der Waals surface area contributed by atoms with Gasteiger partial charge in [0, 0.05) is 57.0 Å². The van der Waals surface area contributed by atoms with Crippen molar-refractivity contribution in [2.45, 2.75) is 30.8 Å². The molecule has 1 aromatic carbocycles. The van der Waals surface area contributed by atoms with Crippen molar-refractivity contribution in [3.63, 3.8) is 0 Å². The molecule has 2 aliphatic rings. The molecular formula is C22H34N4O3S. The highest BCUT2D eigenvalue weighted by Crippen LogP contribution is 2.29. The minimum Gasteiger partial charge on any atom is -0.496 e. The van der Waals surface area contributed by atoms with Gasteiger partial charge in [-0.1, -0.05) is 19.1 Å².